The Hall–Kier alpha value is -2.50. The molecular weight excluding hydrogens is 381 g/mol. The Balaban J connectivity index is 1.45. The van der Waals surface area contributed by atoms with Gasteiger partial charge in [0.25, 0.3) is 5.89 Å². The minimum atomic E-state index is -0.364. The van der Waals surface area contributed by atoms with Crippen LogP contribution in [0.3, 0.4) is 0 Å². The number of rotatable bonds is 7. The number of benzene rings is 1. The third-order valence-corrected chi connectivity index (χ3v) is 6.54. The molecule has 0 spiro atoms. The van der Waals surface area contributed by atoms with Gasteiger partial charge in [-0.2, -0.15) is 0 Å². The van der Waals surface area contributed by atoms with E-state index in [1.54, 1.807) is 18.2 Å². The van der Waals surface area contributed by atoms with Gasteiger partial charge in [-0.3, -0.25) is 4.79 Å². The minimum Gasteiger partial charge on any atom is -0.421 e. The predicted octanol–water partition coefficient (Wildman–Crippen LogP) is 4.80. The van der Waals surface area contributed by atoms with E-state index in [-0.39, 0.29) is 23.5 Å². The molecule has 1 aromatic heterocycles. The number of nitrogens with one attached hydrogen (secondary N) is 1. The lowest BCUT2D eigenvalue weighted by Crippen LogP contribution is -2.37. The second-order valence-electron chi connectivity index (χ2n) is 9.12. The molecule has 0 radical (unpaired) electrons. The first kappa shape index (κ1) is 20.8. The van der Waals surface area contributed by atoms with E-state index in [1.807, 2.05) is 0 Å². The van der Waals surface area contributed by atoms with E-state index in [0.29, 0.717) is 48.1 Å². The summed E-state index contributed by atoms with van der Waals surface area (Å²) >= 11 is 0. The highest BCUT2D eigenvalue weighted by atomic mass is 19.1. The van der Waals surface area contributed by atoms with Crippen LogP contribution >= 0.6 is 0 Å². The topological polar surface area (TPSA) is 68.0 Å². The van der Waals surface area contributed by atoms with Crippen molar-refractivity contribution in [3.05, 3.63) is 47.6 Å². The first-order valence-corrected chi connectivity index (χ1v) is 11.0. The Labute approximate surface area is 177 Å². The van der Waals surface area contributed by atoms with Crippen LogP contribution in [0.1, 0.15) is 45.9 Å². The van der Waals surface area contributed by atoms with Gasteiger partial charge in [-0.15, -0.1) is 10.2 Å². The molecule has 0 unspecified atom stereocenters. The van der Waals surface area contributed by atoms with Crippen molar-refractivity contribution < 1.29 is 13.6 Å². The zero-order valence-electron chi connectivity index (χ0n) is 17.9. The van der Waals surface area contributed by atoms with Crippen LogP contribution in [0.25, 0.3) is 11.5 Å². The summed E-state index contributed by atoms with van der Waals surface area (Å²) in [5, 5.41) is 11.4. The van der Waals surface area contributed by atoms with Crippen LogP contribution in [0.4, 0.5) is 4.39 Å². The summed E-state index contributed by atoms with van der Waals surface area (Å²) in [6.07, 6.45) is 6.04. The molecule has 1 N–H and O–H groups in total. The van der Waals surface area contributed by atoms with E-state index in [9.17, 15) is 9.18 Å². The van der Waals surface area contributed by atoms with Gasteiger partial charge in [0, 0.05) is 18.9 Å². The van der Waals surface area contributed by atoms with Crippen LogP contribution in [0.5, 0.6) is 0 Å². The molecule has 6 heteroatoms. The van der Waals surface area contributed by atoms with Gasteiger partial charge in [0.2, 0.25) is 11.8 Å². The molecule has 0 aliphatic heterocycles. The molecule has 3 atom stereocenters. The zero-order valence-corrected chi connectivity index (χ0v) is 17.9. The fraction of sp³-hybridized carbons (Fsp3) is 0.542. The maximum atomic E-state index is 14.0. The molecule has 4 rings (SSSR count). The van der Waals surface area contributed by atoms with E-state index in [1.165, 1.54) is 11.6 Å². The molecule has 30 heavy (non-hydrogen) atoms. The molecule has 1 heterocycles. The summed E-state index contributed by atoms with van der Waals surface area (Å²) in [7, 11) is 0. The van der Waals surface area contributed by atoms with E-state index in [2.05, 4.69) is 42.4 Å². The Morgan fingerprint density at radius 3 is 2.73 bits per heavy atom. The van der Waals surface area contributed by atoms with Crippen molar-refractivity contribution in [1.29, 1.82) is 0 Å². The van der Waals surface area contributed by atoms with Gasteiger partial charge in [0.1, 0.15) is 5.82 Å². The summed E-state index contributed by atoms with van der Waals surface area (Å²) in [5.41, 5.74) is 1.63. The largest absolute Gasteiger partial charge is 0.421 e. The Kier molecular flexibility index (Phi) is 6.02. The van der Waals surface area contributed by atoms with E-state index in [0.717, 1.165) is 19.3 Å². The number of nitrogens with zero attached hydrogens (tertiary/aromatic N) is 2. The molecule has 0 bridgehead atoms. The van der Waals surface area contributed by atoms with E-state index >= 15 is 0 Å². The Morgan fingerprint density at radius 2 is 2.03 bits per heavy atom. The fourth-order valence-electron chi connectivity index (χ4n) is 4.51. The molecule has 2 aliphatic carbocycles. The third kappa shape index (κ3) is 4.63. The van der Waals surface area contributed by atoms with E-state index < -0.39 is 0 Å². The number of aromatic nitrogens is 2. The summed E-state index contributed by atoms with van der Waals surface area (Å²) in [5.74, 6) is 2.49. The maximum absolute atomic E-state index is 14.0. The summed E-state index contributed by atoms with van der Waals surface area (Å²) < 4.78 is 19.8. The number of hydrogen-bond acceptors (Lipinski definition) is 4. The second-order valence-corrected chi connectivity index (χ2v) is 9.12. The summed E-state index contributed by atoms with van der Waals surface area (Å²) in [4.78, 5) is 12.1. The first-order valence-electron chi connectivity index (χ1n) is 11.0. The van der Waals surface area contributed by atoms with Gasteiger partial charge in [0.05, 0.1) is 5.56 Å². The van der Waals surface area contributed by atoms with Gasteiger partial charge in [-0.05, 0) is 62.0 Å². The van der Waals surface area contributed by atoms with Crippen molar-refractivity contribution >= 4 is 5.91 Å². The molecular formula is C24H30FN3O2. The molecule has 1 aromatic carbocycles. The van der Waals surface area contributed by atoms with Crippen molar-refractivity contribution in [1.82, 2.24) is 15.5 Å². The minimum absolute atomic E-state index is 0.206. The number of allylic oxidation sites excluding steroid dienone is 1. The average Bonchev–Trinajstić information content (AvgIpc) is 3.47. The lowest BCUT2D eigenvalue weighted by molar-refractivity contribution is -0.122. The Bertz CT molecular complexity index is 932. The summed E-state index contributed by atoms with van der Waals surface area (Å²) in [6.45, 7) is 7.34. The maximum Gasteiger partial charge on any atom is 0.250 e. The van der Waals surface area contributed by atoms with Crippen molar-refractivity contribution in [2.45, 2.75) is 46.5 Å². The zero-order chi connectivity index (χ0) is 21.3. The lowest BCUT2D eigenvalue weighted by atomic mass is 9.70. The Morgan fingerprint density at radius 1 is 1.27 bits per heavy atom. The molecule has 1 amide bonds. The van der Waals surface area contributed by atoms with Crippen LogP contribution < -0.4 is 5.32 Å². The number of halogens is 1. The van der Waals surface area contributed by atoms with Gasteiger partial charge in [0.15, 0.2) is 0 Å². The highest BCUT2D eigenvalue weighted by Gasteiger charge is 2.34. The van der Waals surface area contributed by atoms with Crippen molar-refractivity contribution in [3.63, 3.8) is 0 Å². The average molecular weight is 412 g/mol. The molecule has 2 aliphatic rings. The smallest absolute Gasteiger partial charge is 0.250 e. The van der Waals surface area contributed by atoms with Gasteiger partial charge in [-0.25, -0.2) is 4.39 Å². The third-order valence-electron chi connectivity index (χ3n) is 6.54. The number of amides is 1. The van der Waals surface area contributed by atoms with Crippen LogP contribution in [-0.4, -0.2) is 22.6 Å². The van der Waals surface area contributed by atoms with Gasteiger partial charge >= 0.3 is 0 Å². The van der Waals surface area contributed by atoms with Crippen molar-refractivity contribution in [2.24, 2.45) is 29.6 Å². The lowest BCUT2D eigenvalue weighted by Gasteiger charge is -2.37. The standard InChI is InChI=1S/C24H30FN3O2/c1-14(2)20-11-17(15(3)10-18(20)13-26-23(29)16-8-9-16)12-22-27-28-24(30-22)19-6-4-5-7-21(19)25/h4-7,10,14,16-18,20H,8-9,11-13H2,1-3H3,(H,26,29)/t17-,18-,20-/m0/s1. The van der Waals surface area contributed by atoms with Crippen LogP contribution in [-0.2, 0) is 11.2 Å². The summed E-state index contributed by atoms with van der Waals surface area (Å²) in [6, 6.07) is 6.43. The van der Waals surface area contributed by atoms with Crippen LogP contribution in [0, 0.1) is 35.4 Å². The van der Waals surface area contributed by atoms with E-state index in [4.69, 9.17) is 4.42 Å². The second kappa shape index (κ2) is 8.70. The molecule has 0 saturated heterocycles. The normalized spacial score (nSPS) is 24.0. The monoisotopic (exact) mass is 411 g/mol. The first-order chi connectivity index (χ1) is 14.4. The van der Waals surface area contributed by atoms with Gasteiger partial charge in [-0.1, -0.05) is 37.6 Å². The molecule has 1 fully saturated rings. The number of carbonyl (C=O) groups excluding carboxylic acids is 1. The van der Waals surface area contributed by atoms with Gasteiger partial charge < -0.3 is 9.73 Å². The van der Waals surface area contributed by atoms with Crippen LogP contribution in [0.15, 0.2) is 40.3 Å². The molecule has 2 aromatic rings. The predicted molar refractivity (Wildman–Crippen MR) is 113 cm³/mol. The number of carbonyl (C=O) groups is 1. The molecule has 160 valence electrons. The number of hydrogen-bond donors (Lipinski definition) is 1. The highest BCUT2D eigenvalue weighted by Crippen LogP contribution is 2.39. The quantitative estimate of drug-likeness (QED) is 0.665. The molecule has 1 saturated carbocycles. The molecule has 5 nitrogen and oxygen atoms in total. The van der Waals surface area contributed by atoms with Crippen molar-refractivity contribution in [3.8, 4) is 11.5 Å². The SMILES string of the molecule is CC1=C[C@@H](CNC(=O)C2CC2)[C@H](C(C)C)C[C@H]1Cc1nnc(-c2ccccc2F)o1. The highest BCUT2D eigenvalue weighted by molar-refractivity contribution is 5.80. The van der Waals surface area contributed by atoms with Crippen molar-refractivity contribution in [2.75, 3.05) is 6.54 Å². The fourth-order valence-corrected chi connectivity index (χ4v) is 4.51. The van der Waals surface area contributed by atoms with Crippen LogP contribution in [0.2, 0.25) is 0 Å².